The molecule has 0 amide bonds. The zero-order chi connectivity index (χ0) is 13.5. The van der Waals surface area contributed by atoms with E-state index in [-0.39, 0.29) is 0 Å². The fourth-order valence-corrected chi connectivity index (χ4v) is 2.51. The van der Waals surface area contributed by atoms with Crippen molar-refractivity contribution in [3.05, 3.63) is 52.0 Å². The first kappa shape index (κ1) is 11.8. The summed E-state index contributed by atoms with van der Waals surface area (Å²) >= 11 is 2.23. The number of nitrogens with zero attached hydrogens (tertiary/aromatic N) is 4. The molecule has 6 heteroatoms. The quantitative estimate of drug-likeness (QED) is 0.613. The molecule has 0 atom stereocenters. The second-order valence-electron chi connectivity index (χ2n) is 4.43. The van der Waals surface area contributed by atoms with Crippen molar-refractivity contribution >= 4 is 22.6 Å². The van der Waals surface area contributed by atoms with Gasteiger partial charge in [0.05, 0.1) is 5.56 Å². The van der Waals surface area contributed by atoms with Gasteiger partial charge in [-0.25, -0.2) is 14.6 Å². The lowest BCUT2D eigenvalue weighted by Gasteiger charge is -2.14. The molecular weight excluding hydrogens is 367 g/mol. The molecule has 0 unspecified atom stereocenters. The van der Waals surface area contributed by atoms with E-state index in [4.69, 9.17) is 4.74 Å². The van der Waals surface area contributed by atoms with Crippen LogP contribution >= 0.6 is 22.6 Å². The number of halogens is 1. The Balaban J connectivity index is 1.84. The highest BCUT2D eigenvalue weighted by molar-refractivity contribution is 14.1. The van der Waals surface area contributed by atoms with E-state index < -0.39 is 0 Å². The van der Waals surface area contributed by atoms with E-state index in [9.17, 15) is 0 Å². The predicted octanol–water partition coefficient (Wildman–Crippen LogP) is 2.83. The summed E-state index contributed by atoms with van der Waals surface area (Å²) in [5.41, 5.74) is 2.89. The number of ether oxygens (including phenoxy) is 1. The molecule has 4 rings (SSSR count). The molecule has 3 aromatic rings. The Hall–Kier alpha value is -1.96. The maximum absolute atomic E-state index is 5.63. The van der Waals surface area contributed by atoms with Crippen LogP contribution < -0.4 is 4.74 Å². The van der Waals surface area contributed by atoms with Crippen LogP contribution in [0, 0.1) is 3.57 Å². The van der Waals surface area contributed by atoms with Gasteiger partial charge in [0.15, 0.2) is 5.82 Å². The molecule has 1 aliphatic heterocycles. The lowest BCUT2D eigenvalue weighted by molar-refractivity contribution is 0.290. The SMILES string of the molecule is Ic1ccc(-n2cc3c(n2)-c2cccnc2OC3)nc1. The Labute approximate surface area is 128 Å². The van der Waals surface area contributed by atoms with E-state index in [0.29, 0.717) is 12.5 Å². The molecule has 0 N–H and O–H groups in total. The van der Waals surface area contributed by atoms with Crippen LogP contribution in [0.4, 0.5) is 0 Å². The minimum atomic E-state index is 0.490. The van der Waals surface area contributed by atoms with Crippen molar-refractivity contribution in [2.24, 2.45) is 0 Å². The summed E-state index contributed by atoms with van der Waals surface area (Å²) in [4.78, 5) is 8.61. The van der Waals surface area contributed by atoms with Gasteiger partial charge < -0.3 is 4.74 Å². The van der Waals surface area contributed by atoms with Crippen molar-refractivity contribution in [2.45, 2.75) is 6.61 Å². The number of rotatable bonds is 1. The summed E-state index contributed by atoms with van der Waals surface area (Å²) in [5, 5.41) is 4.62. The summed E-state index contributed by atoms with van der Waals surface area (Å²) in [6.45, 7) is 0.490. The summed E-state index contributed by atoms with van der Waals surface area (Å²) in [5.74, 6) is 1.44. The molecule has 98 valence electrons. The number of fused-ring (bicyclic) bond motifs is 3. The normalized spacial score (nSPS) is 12.4. The third-order valence-corrected chi connectivity index (χ3v) is 3.77. The van der Waals surface area contributed by atoms with E-state index >= 15 is 0 Å². The van der Waals surface area contributed by atoms with E-state index in [2.05, 4.69) is 37.7 Å². The Morgan fingerprint density at radius 2 is 2.15 bits per heavy atom. The molecule has 20 heavy (non-hydrogen) atoms. The number of pyridine rings is 2. The molecule has 0 aromatic carbocycles. The Bertz CT molecular complexity index is 782. The summed E-state index contributed by atoms with van der Waals surface area (Å²) < 4.78 is 8.51. The topological polar surface area (TPSA) is 52.8 Å². The maximum atomic E-state index is 5.63. The largest absolute Gasteiger partial charge is 0.472 e. The third kappa shape index (κ3) is 1.87. The van der Waals surface area contributed by atoms with Crippen LogP contribution in [0.1, 0.15) is 5.56 Å². The molecule has 4 heterocycles. The number of hydrogen-bond donors (Lipinski definition) is 0. The van der Waals surface area contributed by atoms with Crippen LogP contribution in [-0.4, -0.2) is 19.7 Å². The Kier molecular flexibility index (Phi) is 2.69. The number of aromatic nitrogens is 4. The van der Waals surface area contributed by atoms with Gasteiger partial charge in [0.1, 0.15) is 12.3 Å². The summed E-state index contributed by atoms with van der Waals surface area (Å²) in [6.07, 6.45) is 5.50. The van der Waals surface area contributed by atoms with Gasteiger partial charge >= 0.3 is 0 Å². The van der Waals surface area contributed by atoms with Crippen LogP contribution in [0.25, 0.3) is 17.1 Å². The van der Waals surface area contributed by atoms with Gasteiger partial charge in [-0.15, -0.1) is 0 Å². The lowest BCUT2D eigenvalue weighted by Crippen LogP contribution is -2.05. The van der Waals surface area contributed by atoms with Crippen molar-refractivity contribution < 1.29 is 4.74 Å². The predicted molar refractivity (Wildman–Crippen MR) is 81.6 cm³/mol. The fourth-order valence-electron chi connectivity index (χ4n) is 2.20. The van der Waals surface area contributed by atoms with Gasteiger partial charge in [-0.1, -0.05) is 0 Å². The fraction of sp³-hybridized carbons (Fsp3) is 0.0714. The zero-order valence-corrected chi connectivity index (χ0v) is 12.5. The molecule has 0 aliphatic carbocycles. The van der Waals surface area contributed by atoms with Gasteiger partial charge in [-0.05, 0) is 46.9 Å². The molecule has 1 aliphatic rings. The molecule has 0 saturated heterocycles. The average molecular weight is 376 g/mol. The molecule has 3 aromatic heterocycles. The summed E-state index contributed by atoms with van der Waals surface area (Å²) in [7, 11) is 0. The van der Waals surface area contributed by atoms with E-state index in [1.165, 1.54) is 0 Å². The molecule has 5 nitrogen and oxygen atoms in total. The van der Waals surface area contributed by atoms with Gasteiger partial charge in [0, 0.05) is 27.7 Å². The van der Waals surface area contributed by atoms with Gasteiger partial charge in [0.2, 0.25) is 5.88 Å². The minimum Gasteiger partial charge on any atom is -0.472 e. The van der Waals surface area contributed by atoms with Gasteiger partial charge in [-0.3, -0.25) is 0 Å². The molecule has 0 spiro atoms. The highest BCUT2D eigenvalue weighted by Crippen LogP contribution is 2.34. The maximum Gasteiger partial charge on any atom is 0.223 e. The van der Waals surface area contributed by atoms with Crippen LogP contribution in [-0.2, 0) is 6.61 Å². The highest BCUT2D eigenvalue weighted by Gasteiger charge is 2.22. The van der Waals surface area contributed by atoms with E-state index in [1.807, 2.05) is 36.7 Å². The zero-order valence-electron chi connectivity index (χ0n) is 10.3. The second kappa shape index (κ2) is 4.55. The first-order chi connectivity index (χ1) is 9.81. The first-order valence-corrected chi connectivity index (χ1v) is 7.18. The van der Waals surface area contributed by atoms with Crippen molar-refractivity contribution in [3.63, 3.8) is 0 Å². The number of hydrogen-bond acceptors (Lipinski definition) is 4. The van der Waals surface area contributed by atoms with Crippen LogP contribution in [0.2, 0.25) is 0 Å². The van der Waals surface area contributed by atoms with Crippen LogP contribution in [0.15, 0.2) is 42.9 Å². The second-order valence-corrected chi connectivity index (χ2v) is 5.67. The minimum absolute atomic E-state index is 0.490. The Morgan fingerprint density at radius 3 is 3.00 bits per heavy atom. The van der Waals surface area contributed by atoms with Gasteiger partial charge in [-0.2, -0.15) is 5.10 Å². The van der Waals surface area contributed by atoms with Crippen molar-refractivity contribution in [3.8, 4) is 23.0 Å². The van der Waals surface area contributed by atoms with E-state index in [1.54, 1.807) is 10.9 Å². The Morgan fingerprint density at radius 1 is 1.20 bits per heavy atom. The van der Waals surface area contributed by atoms with Crippen molar-refractivity contribution in [1.82, 2.24) is 19.7 Å². The van der Waals surface area contributed by atoms with Crippen molar-refractivity contribution in [1.29, 1.82) is 0 Å². The molecule has 0 radical (unpaired) electrons. The lowest BCUT2D eigenvalue weighted by atomic mass is 10.1. The summed E-state index contributed by atoms with van der Waals surface area (Å²) in [6, 6.07) is 7.82. The molecule has 0 saturated carbocycles. The van der Waals surface area contributed by atoms with Crippen LogP contribution in [0.5, 0.6) is 5.88 Å². The third-order valence-electron chi connectivity index (χ3n) is 3.13. The first-order valence-electron chi connectivity index (χ1n) is 6.10. The molecule has 0 fully saturated rings. The smallest absolute Gasteiger partial charge is 0.223 e. The standard InChI is InChI=1S/C14H9IN4O/c15-10-3-4-12(17-6-10)19-7-9-8-20-14-11(13(9)18-19)2-1-5-16-14/h1-7H,8H2. The molecule has 0 bridgehead atoms. The van der Waals surface area contributed by atoms with Crippen molar-refractivity contribution in [2.75, 3.05) is 0 Å². The van der Waals surface area contributed by atoms with Crippen LogP contribution in [0.3, 0.4) is 0 Å². The van der Waals surface area contributed by atoms with E-state index in [0.717, 1.165) is 26.2 Å². The highest BCUT2D eigenvalue weighted by atomic mass is 127. The molecular formula is C14H9IN4O. The average Bonchev–Trinajstić information content (AvgIpc) is 2.92. The monoisotopic (exact) mass is 376 g/mol. The van der Waals surface area contributed by atoms with Gasteiger partial charge in [0.25, 0.3) is 0 Å².